The van der Waals surface area contributed by atoms with E-state index < -0.39 is 5.54 Å². The fourth-order valence-electron chi connectivity index (χ4n) is 1.23. The number of hydrogen-bond donors (Lipinski definition) is 1. The van der Waals surface area contributed by atoms with Crippen LogP contribution in [0.3, 0.4) is 0 Å². The van der Waals surface area contributed by atoms with E-state index in [4.69, 9.17) is 0 Å². The Morgan fingerprint density at radius 1 is 1.50 bits per heavy atom. The molecule has 1 saturated heterocycles. The highest BCUT2D eigenvalue weighted by atomic mass is 79.9. The van der Waals surface area contributed by atoms with Gasteiger partial charge in [-0.1, -0.05) is 31.9 Å². The van der Waals surface area contributed by atoms with Gasteiger partial charge < -0.3 is 5.32 Å². The normalized spacial score (nSPS) is 22.4. The van der Waals surface area contributed by atoms with Gasteiger partial charge >= 0.3 is 6.03 Å². The van der Waals surface area contributed by atoms with E-state index >= 15 is 0 Å². The number of halogens is 2. The van der Waals surface area contributed by atoms with E-state index in [1.165, 1.54) is 4.90 Å². The number of urea groups is 1. The smallest absolute Gasteiger partial charge is 0.324 e. The predicted molar refractivity (Wildman–Crippen MR) is 60.8 cm³/mol. The quantitative estimate of drug-likeness (QED) is 0.630. The maximum atomic E-state index is 11.7. The number of alkyl halides is 2. The number of amides is 3. The van der Waals surface area contributed by atoms with Crippen molar-refractivity contribution in [2.75, 3.05) is 11.9 Å². The van der Waals surface area contributed by atoms with Gasteiger partial charge in [0.15, 0.2) is 0 Å². The molecular weight excluding hydrogens is 316 g/mol. The summed E-state index contributed by atoms with van der Waals surface area (Å²) in [4.78, 5) is 24.4. The van der Waals surface area contributed by atoms with E-state index in [1.54, 1.807) is 13.8 Å². The van der Waals surface area contributed by atoms with Crippen LogP contribution in [0.15, 0.2) is 0 Å². The molecule has 4 nitrogen and oxygen atoms in total. The molecule has 1 aliphatic heterocycles. The third kappa shape index (κ3) is 2.28. The predicted octanol–water partition coefficient (Wildman–Crippen LogP) is 1.48. The molecule has 0 radical (unpaired) electrons. The molecule has 80 valence electrons. The van der Waals surface area contributed by atoms with Crippen molar-refractivity contribution in [2.45, 2.75) is 24.2 Å². The van der Waals surface area contributed by atoms with Crippen LogP contribution in [0.2, 0.25) is 0 Å². The highest BCUT2D eigenvalue weighted by Gasteiger charge is 2.44. The first-order valence-electron chi connectivity index (χ1n) is 4.22. The summed E-state index contributed by atoms with van der Waals surface area (Å²) < 4.78 is 0. The lowest BCUT2D eigenvalue weighted by Crippen LogP contribution is -2.41. The molecule has 1 N–H and O–H groups in total. The Hall–Kier alpha value is -0.100. The highest BCUT2D eigenvalue weighted by Crippen LogP contribution is 2.18. The topological polar surface area (TPSA) is 49.4 Å². The van der Waals surface area contributed by atoms with Crippen LogP contribution >= 0.6 is 31.9 Å². The molecule has 0 spiro atoms. The van der Waals surface area contributed by atoms with E-state index in [0.717, 1.165) is 0 Å². The zero-order valence-corrected chi connectivity index (χ0v) is 11.2. The first-order valence-corrected chi connectivity index (χ1v) is 6.26. The minimum atomic E-state index is -0.768. The summed E-state index contributed by atoms with van der Waals surface area (Å²) >= 11 is 6.63. The Morgan fingerprint density at radius 3 is 2.43 bits per heavy atom. The second kappa shape index (κ2) is 4.18. The van der Waals surface area contributed by atoms with E-state index in [2.05, 4.69) is 37.2 Å². The molecule has 1 fully saturated rings. The lowest BCUT2D eigenvalue weighted by molar-refractivity contribution is -0.130. The first kappa shape index (κ1) is 12.0. The summed E-state index contributed by atoms with van der Waals surface area (Å²) in [6.45, 7) is 3.79. The monoisotopic (exact) mass is 326 g/mol. The van der Waals surface area contributed by atoms with Crippen LogP contribution in [0.1, 0.15) is 13.8 Å². The molecule has 1 rings (SSSR count). The van der Waals surface area contributed by atoms with Crippen LogP contribution in [0.5, 0.6) is 0 Å². The van der Waals surface area contributed by atoms with Crippen molar-refractivity contribution in [3.05, 3.63) is 0 Å². The molecule has 0 saturated carbocycles. The second-order valence-corrected chi connectivity index (χ2v) is 5.66. The number of imide groups is 1. The van der Waals surface area contributed by atoms with Crippen molar-refractivity contribution in [3.63, 3.8) is 0 Å². The Morgan fingerprint density at radius 2 is 2.07 bits per heavy atom. The number of nitrogens with one attached hydrogen (secondary N) is 1. The van der Waals surface area contributed by atoms with Gasteiger partial charge in [-0.3, -0.25) is 9.69 Å². The highest BCUT2D eigenvalue weighted by molar-refractivity contribution is 9.12. The molecule has 1 aliphatic rings. The fraction of sp³-hybridized carbons (Fsp3) is 0.750. The molecule has 0 unspecified atom stereocenters. The van der Waals surface area contributed by atoms with Gasteiger partial charge in [0.05, 0.1) is 0 Å². The van der Waals surface area contributed by atoms with Crippen molar-refractivity contribution in [1.29, 1.82) is 0 Å². The third-order valence-electron chi connectivity index (χ3n) is 1.99. The average molecular weight is 328 g/mol. The van der Waals surface area contributed by atoms with E-state index in [-0.39, 0.29) is 16.8 Å². The minimum Gasteiger partial charge on any atom is -0.324 e. The summed E-state index contributed by atoms with van der Waals surface area (Å²) in [5.74, 6) is -0.173. The maximum absolute atomic E-state index is 11.7. The third-order valence-corrected chi connectivity index (χ3v) is 4.26. The van der Waals surface area contributed by atoms with Crippen molar-refractivity contribution in [3.8, 4) is 0 Å². The molecule has 14 heavy (non-hydrogen) atoms. The Balaban J connectivity index is 2.71. The zero-order chi connectivity index (χ0) is 10.9. The molecule has 1 heterocycles. The van der Waals surface area contributed by atoms with Crippen LogP contribution in [-0.4, -0.2) is 39.1 Å². The standard InChI is InChI=1S/C8H12Br2N2O2/c1-8(2)6(13)12(7(14)11-8)4-5(10)3-9/h5H,3-4H2,1-2H3,(H,11,14)/t5-/m1/s1. The van der Waals surface area contributed by atoms with E-state index in [1.807, 2.05) is 0 Å². The maximum Gasteiger partial charge on any atom is 0.325 e. The fourth-order valence-corrected chi connectivity index (χ4v) is 1.72. The van der Waals surface area contributed by atoms with Crippen LogP contribution in [-0.2, 0) is 4.79 Å². The van der Waals surface area contributed by atoms with Crippen molar-refractivity contribution in [2.24, 2.45) is 0 Å². The molecule has 3 amide bonds. The summed E-state index contributed by atoms with van der Waals surface area (Å²) in [6.07, 6.45) is 0. The molecule has 0 bridgehead atoms. The van der Waals surface area contributed by atoms with E-state index in [0.29, 0.717) is 11.9 Å². The summed E-state index contributed by atoms with van der Waals surface area (Å²) in [6, 6.07) is -0.314. The van der Waals surface area contributed by atoms with Gasteiger partial charge in [0.1, 0.15) is 5.54 Å². The molecule has 1 atom stereocenters. The van der Waals surface area contributed by atoms with Crippen LogP contribution in [0.25, 0.3) is 0 Å². The lowest BCUT2D eigenvalue weighted by atomic mass is 10.1. The SMILES string of the molecule is CC1(C)NC(=O)N(C[C@H](Br)CBr)C1=O. The van der Waals surface area contributed by atoms with Crippen molar-refractivity contribution >= 4 is 43.8 Å². The number of carbonyl (C=O) groups excluding carboxylic acids is 2. The number of hydrogen-bond acceptors (Lipinski definition) is 2. The second-order valence-electron chi connectivity index (χ2n) is 3.72. The van der Waals surface area contributed by atoms with Crippen molar-refractivity contribution < 1.29 is 9.59 Å². The van der Waals surface area contributed by atoms with E-state index in [9.17, 15) is 9.59 Å². The average Bonchev–Trinajstić information content (AvgIpc) is 2.28. The zero-order valence-electron chi connectivity index (χ0n) is 8.01. The molecular formula is C8H12Br2N2O2. The van der Waals surface area contributed by atoms with Gasteiger partial charge in [0, 0.05) is 16.7 Å². The molecule has 0 aromatic heterocycles. The Bertz CT molecular complexity index is 268. The number of nitrogens with zero attached hydrogens (tertiary/aromatic N) is 1. The molecule has 0 aromatic rings. The van der Waals surface area contributed by atoms with Gasteiger partial charge in [-0.2, -0.15) is 0 Å². The Labute approximate surface area is 99.7 Å². The largest absolute Gasteiger partial charge is 0.325 e. The number of rotatable bonds is 3. The summed E-state index contributed by atoms with van der Waals surface area (Å²) in [7, 11) is 0. The first-order chi connectivity index (χ1) is 6.38. The van der Waals surface area contributed by atoms with Crippen LogP contribution in [0, 0.1) is 0 Å². The Kier molecular flexibility index (Phi) is 3.58. The molecule has 6 heteroatoms. The van der Waals surface area contributed by atoms with Gasteiger partial charge in [0.25, 0.3) is 5.91 Å². The van der Waals surface area contributed by atoms with Gasteiger partial charge in [-0.05, 0) is 13.8 Å². The lowest BCUT2D eigenvalue weighted by Gasteiger charge is -2.17. The molecule has 0 aliphatic carbocycles. The van der Waals surface area contributed by atoms with Crippen molar-refractivity contribution in [1.82, 2.24) is 10.2 Å². The molecule has 0 aromatic carbocycles. The summed E-state index contributed by atoms with van der Waals surface area (Å²) in [5, 5.41) is 3.32. The van der Waals surface area contributed by atoms with Gasteiger partial charge in [-0.25, -0.2) is 4.79 Å². The van der Waals surface area contributed by atoms with Crippen LogP contribution < -0.4 is 5.32 Å². The van der Waals surface area contributed by atoms with Gasteiger partial charge in [-0.15, -0.1) is 0 Å². The minimum absolute atomic E-state index is 0.0890. The number of carbonyl (C=O) groups is 2. The summed E-state index contributed by atoms with van der Waals surface area (Å²) in [5.41, 5.74) is -0.768. The van der Waals surface area contributed by atoms with Gasteiger partial charge in [0.2, 0.25) is 0 Å². The van der Waals surface area contributed by atoms with Crippen LogP contribution in [0.4, 0.5) is 4.79 Å².